The Morgan fingerprint density at radius 3 is 2.65 bits per heavy atom. The Kier molecular flexibility index (Phi) is 6.60. The molecule has 0 saturated carbocycles. The van der Waals surface area contributed by atoms with Crippen molar-refractivity contribution in [3.8, 4) is 0 Å². The number of hydrogen-bond donors (Lipinski definition) is 2. The van der Waals surface area contributed by atoms with Crippen molar-refractivity contribution in [1.82, 2.24) is 24.8 Å². The van der Waals surface area contributed by atoms with Crippen molar-refractivity contribution in [2.45, 2.75) is 32.6 Å². The Labute approximate surface area is 183 Å². The predicted molar refractivity (Wildman–Crippen MR) is 108 cm³/mol. The van der Waals surface area contributed by atoms with Crippen LogP contribution in [-0.2, 0) is 12.7 Å². The fourth-order valence-corrected chi connectivity index (χ4v) is 3.62. The lowest BCUT2D eigenvalue weighted by Crippen LogP contribution is -2.28. The van der Waals surface area contributed by atoms with E-state index >= 15 is 0 Å². The zero-order chi connectivity index (χ0) is 22.8. The molecule has 3 heterocycles. The van der Waals surface area contributed by atoms with Gasteiger partial charge in [0.05, 0.1) is 35.3 Å². The van der Waals surface area contributed by atoms with Crippen molar-refractivity contribution in [3.05, 3.63) is 57.1 Å². The average molecular weight is 473 g/mol. The summed E-state index contributed by atoms with van der Waals surface area (Å²) in [7, 11) is 0. The molecule has 3 rings (SSSR count). The molecule has 0 aliphatic carbocycles. The highest BCUT2D eigenvalue weighted by Crippen LogP contribution is 2.35. The number of carbonyl (C=O) groups is 2. The van der Waals surface area contributed by atoms with E-state index in [-0.39, 0.29) is 16.6 Å². The van der Waals surface area contributed by atoms with Gasteiger partial charge in [0, 0.05) is 12.7 Å². The van der Waals surface area contributed by atoms with Crippen LogP contribution in [0.25, 0.3) is 0 Å². The molecule has 1 atom stereocenters. The van der Waals surface area contributed by atoms with Gasteiger partial charge in [-0.2, -0.15) is 13.2 Å². The van der Waals surface area contributed by atoms with Crippen LogP contribution in [0.3, 0.4) is 0 Å². The molecule has 0 spiro atoms. The topological polar surface area (TPSA) is 102 Å². The lowest BCUT2D eigenvalue weighted by Gasteiger charge is -2.12. The molecule has 2 amide bonds. The van der Waals surface area contributed by atoms with Crippen molar-refractivity contribution in [3.63, 3.8) is 0 Å². The first-order valence-corrected chi connectivity index (χ1v) is 10.1. The van der Waals surface area contributed by atoms with Gasteiger partial charge in [0.25, 0.3) is 11.8 Å². The highest BCUT2D eigenvalue weighted by molar-refractivity contribution is 7.13. The van der Waals surface area contributed by atoms with Gasteiger partial charge in [0.15, 0.2) is 0 Å². The van der Waals surface area contributed by atoms with Crippen LogP contribution in [0.5, 0.6) is 0 Å². The van der Waals surface area contributed by atoms with E-state index in [4.69, 9.17) is 11.6 Å². The van der Waals surface area contributed by atoms with Crippen molar-refractivity contribution in [1.29, 1.82) is 0 Å². The first kappa shape index (κ1) is 22.7. The van der Waals surface area contributed by atoms with Gasteiger partial charge in [-0.25, -0.2) is 15.0 Å². The molecule has 0 aromatic carbocycles. The molecule has 31 heavy (non-hydrogen) atoms. The molecule has 13 heteroatoms. The Bertz CT molecular complexity index is 1110. The van der Waals surface area contributed by atoms with E-state index in [1.165, 1.54) is 12.4 Å². The molecule has 0 aliphatic rings. The summed E-state index contributed by atoms with van der Waals surface area (Å²) in [4.78, 5) is 36.7. The number of thiazole rings is 1. The minimum Gasteiger partial charge on any atom is -0.342 e. The average Bonchev–Trinajstić information content (AvgIpc) is 3.38. The van der Waals surface area contributed by atoms with Gasteiger partial charge in [0.1, 0.15) is 21.4 Å². The molecule has 2 N–H and O–H groups in total. The van der Waals surface area contributed by atoms with Crippen molar-refractivity contribution >= 4 is 40.6 Å². The number of aryl methyl sites for hydroxylation is 1. The normalized spacial score (nSPS) is 12.5. The number of rotatable bonds is 6. The quantitative estimate of drug-likeness (QED) is 0.560. The number of pyridine rings is 1. The lowest BCUT2D eigenvalue weighted by molar-refractivity contribution is -0.137. The number of hydrogen-bond acceptors (Lipinski definition) is 6. The monoisotopic (exact) mass is 472 g/mol. The predicted octanol–water partition coefficient (Wildman–Crippen LogP) is 4.17. The highest BCUT2D eigenvalue weighted by atomic mass is 35.5. The van der Waals surface area contributed by atoms with Gasteiger partial charge in [-0.3, -0.25) is 9.59 Å². The lowest BCUT2D eigenvalue weighted by atomic mass is 10.2. The molecule has 3 aromatic rings. The van der Waals surface area contributed by atoms with Crippen LogP contribution in [0.15, 0.2) is 31.0 Å². The van der Waals surface area contributed by atoms with Gasteiger partial charge in [0.2, 0.25) is 0 Å². The SMILES string of the molecule is CCn1cncc1C(=O)N[C@H](C)c1ncc(C(=O)Nc2cc(C(F)(F)F)c(Cl)cn2)s1. The molecule has 8 nitrogen and oxygen atoms in total. The minimum absolute atomic E-state index is 0.139. The third-order valence-electron chi connectivity index (χ3n) is 4.15. The van der Waals surface area contributed by atoms with Gasteiger partial charge in [-0.1, -0.05) is 11.6 Å². The van der Waals surface area contributed by atoms with Crippen molar-refractivity contribution in [2.75, 3.05) is 5.32 Å². The maximum Gasteiger partial charge on any atom is 0.418 e. The number of imidazole rings is 1. The summed E-state index contributed by atoms with van der Waals surface area (Å²) in [6.45, 7) is 4.15. The summed E-state index contributed by atoms with van der Waals surface area (Å²) in [5.41, 5.74) is -0.717. The number of aromatic nitrogens is 4. The van der Waals surface area contributed by atoms with Crippen molar-refractivity contribution < 1.29 is 22.8 Å². The highest BCUT2D eigenvalue weighted by Gasteiger charge is 2.34. The number of amides is 2. The van der Waals surface area contributed by atoms with Gasteiger partial charge < -0.3 is 15.2 Å². The minimum atomic E-state index is -4.68. The van der Waals surface area contributed by atoms with Crippen LogP contribution in [0.2, 0.25) is 5.02 Å². The number of nitrogens with zero attached hydrogens (tertiary/aromatic N) is 4. The second kappa shape index (κ2) is 9.02. The summed E-state index contributed by atoms with van der Waals surface area (Å²) in [6.07, 6.45) is 0.393. The zero-order valence-corrected chi connectivity index (χ0v) is 17.8. The fraction of sp³-hybridized carbons (Fsp3) is 0.278. The molecule has 0 bridgehead atoms. The first-order chi connectivity index (χ1) is 14.6. The molecule has 3 aromatic heterocycles. The van der Waals surface area contributed by atoms with Crippen LogP contribution in [0, 0.1) is 0 Å². The van der Waals surface area contributed by atoms with Crippen LogP contribution < -0.4 is 10.6 Å². The maximum absolute atomic E-state index is 13.0. The van der Waals surface area contributed by atoms with E-state index < -0.39 is 28.7 Å². The molecule has 0 radical (unpaired) electrons. The maximum atomic E-state index is 13.0. The van der Waals surface area contributed by atoms with Crippen molar-refractivity contribution in [2.24, 2.45) is 0 Å². The van der Waals surface area contributed by atoms with E-state index in [0.717, 1.165) is 17.5 Å². The van der Waals surface area contributed by atoms with Crippen LogP contribution in [0.4, 0.5) is 19.0 Å². The number of anilines is 1. The first-order valence-electron chi connectivity index (χ1n) is 8.91. The fourth-order valence-electron chi connectivity index (χ4n) is 2.59. The van der Waals surface area contributed by atoms with E-state index in [2.05, 4.69) is 25.6 Å². The molecule has 164 valence electrons. The molecular weight excluding hydrogens is 457 g/mol. The number of nitrogens with one attached hydrogen (secondary N) is 2. The van der Waals surface area contributed by atoms with E-state index in [9.17, 15) is 22.8 Å². The summed E-state index contributed by atoms with van der Waals surface area (Å²) in [6, 6.07) is 0.145. The summed E-state index contributed by atoms with van der Waals surface area (Å²) >= 11 is 6.52. The van der Waals surface area contributed by atoms with Gasteiger partial charge in [-0.15, -0.1) is 11.3 Å². The van der Waals surface area contributed by atoms with E-state index in [1.807, 2.05) is 6.92 Å². The Balaban J connectivity index is 1.69. The van der Waals surface area contributed by atoms with Crippen LogP contribution in [0.1, 0.15) is 50.6 Å². The molecule has 0 unspecified atom stereocenters. The number of halogens is 4. The largest absolute Gasteiger partial charge is 0.418 e. The molecule has 0 saturated heterocycles. The second-order valence-corrected chi connectivity index (χ2v) is 7.79. The van der Waals surface area contributed by atoms with E-state index in [1.54, 1.807) is 17.8 Å². The zero-order valence-electron chi connectivity index (χ0n) is 16.2. The summed E-state index contributed by atoms with van der Waals surface area (Å²) in [5.74, 6) is -1.33. The van der Waals surface area contributed by atoms with E-state index in [0.29, 0.717) is 23.3 Å². The smallest absolute Gasteiger partial charge is 0.342 e. The van der Waals surface area contributed by atoms with Crippen LogP contribution >= 0.6 is 22.9 Å². The Morgan fingerprint density at radius 1 is 1.23 bits per heavy atom. The standard InChI is InChI=1S/C18H16ClF3N6O2S/c1-3-28-8-23-6-12(28)15(29)26-9(2)17-25-7-13(31-17)16(30)27-14-4-10(18(20,21)22)11(19)5-24-14/h4-9H,3H2,1-2H3,(H,26,29)(H,24,27,30)/t9-/m1/s1. The molecule has 0 aliphatic heterocycles. The number of carbonyl (C=O) groups excluding carboxylic acids is 2. The Morgan fingerprint density at radius 2 is 1.97 bits per heavy atom. The third-order valence-corrected chi connectivity index (χ3v) is 5.63. The van der Waals surface area contributed by atoms with Crippen LogP contribution in [-0.4, -0.2) is 31.3 Å². The second-order valence-electron chi connectivity index (χ2n) is 6.32. The summed E-state index contributed by atoms with van der Waals surface area (Å²) < 4.78 is 40.6. The number of alkyl halides is 3. The van der Waals surface area contributed by atoms with Gasteiger partial charge in [-0.05, 0) is 19.9 Å². The third kappa shape index (κ3) is 5.20. The van der Waals surface area contributed by atoms with Gasteiger partial charge >= 0.3 is 6.18 Å². The Hall–Kier alpha value is -2.99. The summed E-state index contributed by atoms with van der Waals surface area (Å²) in [5, 5.41) is 4.94. The molecule has 0 fully saturated rings. The molecular formula is C18H16ClF3N6O2S.